The van der Waals surface area contributed by atoms with Crippen molar-refractivity contribution in [3.8, 4) is 0 Å². The standard InChI is InChI=1S/C17H24N4O3S/c1-5-23-16(22)14-11(2)20-15(25-14)12(3)21-17(18-4)19-9-8-13-7-6-10-24-13/h6-7,10,12H,5,8-9H2,1-4H3,(H2,18,19,21). The molecule has 2 aromatic rings. The number of hydrogen-bond acceptors (Lipinski definition) is 6. The Hall–Kier alpha value is -2.35. The first-order valence-corrected chi connectivity index (χ1v) is 9.00. The third kappa shape index (κ3) is 5.32. The maximum Gasteiger partial charge on any atom is 0.350 e. The van der Waals surface area contributed by atoms with Crippen molar-refractivity contribution in [1.82, 2.24) is 15.6 Å². The molecule has 0 fully saturated rings. The first-order chi connectivity index (χ1) is 12.0. The number of guanidine groups is 1. The maximum atomic E-state index is 11.9. The van der Waals surface area contributed by atoms with Gasteiger partial charge in [-0.05, 0) is 32.9 Å². The van der Waals surface area contributed by atoms with Crippen LogP contribution in [0, 0.1) is 6.92 Å². The fourth-order valence-corrected chi connectivity index (χ4v) is 3.17. The van der Waals surface area contributed by atoms with E-state index in [1.807, 2.05) is 26.0 Å². The van der Waals surface area contributed by atoms with E-state index in [-0.39, 0.29) is 12.0 Å². The third-order valence-electron chi connectivity index (χ3n) is 3.47. The lowest BCUT2D eigenvalue weighted by Crippen LogP contribution is -2.39. The van der Waals surface area contributed by atoms with Crippen LogP contribution < -0.4 is 10.6 Å². The number of furan rings is 1. The zero-order chi connectivity index (χ0) is 18.2. The van der Waals surface area contributed by atoms with E-state index in [9.17, 15) is 4.79 Å². The Morgan fingerprint density at radius 1 is 1.52 bits per heavy atom. The highest BCUT2D eigenvalue weighted by atomic mass is 32.1. The van der Waals surface area contributed by atoms with E-state index in [2.05, 4.69) is 20.6 Å². The molecule has 0 aliphatic carbocycles. The minimum Gasteiger partial charge on any atom is -0.469 e. The van der Waals surface area contributed by atoms with Gasteiger partial charge in [-0.2, -0.15) is 0 Å². The molecule has 1 atom stereocenters. The number of rotatable bonds is 7. The smallest absolute Gasteiger partial charge is 0.350 e. The second-order valence-corrected chi connectivity index (χ2v) is 6.41. The van der Waals surface area contributed by atoms with Crippen molar-refractivity contribution in [3.63, 3.8) is 0 Å². The molecule has 0 spiro atoms. The molecular formula is C17H24N4O3S. The largest absolute Gasteiger partial charge is 0.469 e. The highest BCUT2D eigenvalue weighted by molar-refractivity contribution is 7.13. The van der Waals surface area contributed by atoms with Gasteiger partial charge in [0.05, 0.1) is 24.6 Å². The van der Waals surface area contributed by atoms with Crippen molar-refractivity contribution in [2.75, 3.05) is 20.2 Å². The van der Waals surface area contributed by atoms with Gasteiger partial charge in [0.2, 0.25) is 0 Å². The Bertz CT molecular complexity index is 710. The molecular weight excluding hydrogens is 340 g/mol. The average molecular weight is 364 g/mol. The first kappa shape index (κ1) is 19.0. The zero-order valence-electron chi connectivity index (χ0n) is 15.0. The molecule has 0 bridgehead atoms. The zero-order valence-corrected chi connectivity index (χ0v) is 15.8. The van der Waals surface area contributed by atoms with Crippen LogP contribution in [0.25, 0.3) is 0 Å². The number of ether oxygens (including phenoxy) is 1. The van der Waals surface area contributed by atoms with Crippen LogP contribution in [0.15, 0.2) is 27.8 Å². The summed E-state index contributed by atoms with van der Waals surface area (Å²) in [5, 5.41) is 7.33. The highest BCUT2D eigenvalue weighted by Gasteiger charge is 2.20. The van der Waals surface area contributed by atoms with Gasteiger partial charge in [0.1, 0.15) is 15.6 Å². The van der Waals surface area contributed by atoms with Crippen LogP contribution in [0.4, 0.5) is 0 Å². The monoisotopic (exact) mass is 364 g/mol. The van der Waals surface area contributed by atoms with Crippen molar-refractivity contribution in [2.24, 2.45) is 4.99 Å². The fraction of sp³-hybridized carbons (Fsp3) is 0.471. The summed E-state index contributed by atoms with van der Waals surface area (Å²) < 4.78 is 10.4. The molecule has 25 heavy (non-hydrogen) atoms. The van der Waals surface area contributed by atoms with Gasteiger partial charge >= 0.3 is 5.97 Å². The van der Waals surface area contributed by atoms with E-state index in [0.29, 0.717) is 29.7 Å². The summed E-state index contributed by atoms with van der Waals surface area (Å²) in [4.78, 5) is 21.2. The van der Waals surface area contributed by atoms with Crippen LogP contribution in [0.5, 0.6) is 0 Å². The van der Waals surface area contributed by atoms with Crippen molar-refractivity contribution in [1.29, 1.82) is 0 Å². The molecule has 0 aliphatic rings. The van der Waals surface area contributed by atoms with Gasteiger partial charge in [-0.15, -0.1) is 11.3 Å². The summed E-state index contributed by atoms with van der Waals surface area (Å²) in [5.41, 5.74) is 0.688. The molecule has 0 amide bonds. The van der Waals surface area contributed by atoms with Gasteiger partial charge < -0.3 is 19.8 Å². The van der Waals surface area contributed by atoms with E-state index < -0.39 is 0 Å². The van der Waals surface area contributed by atoms with Gasteiger partial charge in [0.15, 0.2) is 5.96 Å². The lowest BCUT2D eigenvalue weighted by atomic mass is 10.3. The molecule has 2 heterocycles. The maximum absolute atomic E-state index is 11.9. The van der Waals surface area contributed by atoms with Crippen LogP contribution in [0.3, 0.4) is 0 Å². The minimum absolute atomic E-state index is 0.0818. The number of thiazole rings is 1. The summed E-state index contributed by atoms with van der Waals surface area (Å²) in [5.74, 6) is 1.27. The Kier molecular flexibility index (Phi) is 7.00. The second kappa shape index (κ2) is 9.22. The molecule has 2 N–H and O–H groups in total. The van der Waals surface area contributed by atoms with Gasteiger partial charge in [-0.3, -0.25) is 4.99 Å². The van der Waals surface area contributed by atoms with E-state index in [4.69, 9.17) is 9.15 Å². The molecule has 0 saturated carbocycles. The topological polar surface area (TPSA) is 88.8 Å². The molecule has 7 nitrogen and oxygen atoms in total. The predicted octanol–water partition coefficient (Wildman–Crippen LogP) is 2.69. The number of nitrogens with zero attached hydrogens (tertiary/aromatic N) is 2. The Morgan fingerprint density at radius 2 is 2.32 bits per heavy atom. The SMILES string of the molecule is CCOC(=O)c1sc(C(C)NC(=NC)NCCc2ccco2)nc1C. The van der Waals surface area contributed by atoms with Crippen LogP contribution in [-0.4, -0.2) is 37.1 Å². The average Bonchev–Trinajstić information content (AvgIpc) is 3.23. The van der Waals surface area contributed by atoms with Crippen molar-refractivity contribution >= 4 is 23.3 Å². The summed E-state index contributed by atoms with van der Waals surface area (Å²) in [7, 11) is 1.71. The summed E-state index contributed by atoms with van der Waals surface area (Å²) in [6, 6.07) is 3.73. The quantitative estimate of drug-likeness (QED) is 0.446. The predicted molar refractivity (Wildman–Crippen MR) is 98.1 cm³/mol. The Labute approximate surface area is 151 Å². The van der Waals surface area contributed by atoms with E-state index >= 15 is 0 Å². The van der Waals surface area contributed by atoms with Crippen LogP contribution in [0.2, 0.25) is 0 Å². The third-order valence-corrected chi connectivity index (χ3v) is 4.79. The van der Waals surface area contributed by atoms with Crippen molar-refractivity contribution in [2.45, 2.75) is 33.2 Å². The minimum atomic E-state index is -0.322. The molecule has 0 saturated heterocycles. The number of hydrogen-bond donors (Lipinski definition) is 2. The van der Waals surface area contributed by atoms with Crippen LogP contribution in [-0.2, 0) is 11.2 Å². The number of aryl methyl sites for hydroxylation is 1. The number of carbonyl (C=O) groups excluding carboxylic acids is 1. The van der Waals surface area contributed by atoms with Gasteiger partial charge in [0.25, 0.3) is 0 Å². The van der Waals surface area contributed by atoms with Crippen molar-refractivity contribution < 1.29 is 13.9 Å². The highest BCUT2D eigenvalue weighted by Crippen LogP contribution is 2.24. The second-order valence-electron chi connectivity index (χ2n) is 5.38. The molecule has 0 aromatic carbocycles. The summed E-state index contributed by atoms with van der Waals surface area (Å²) in [6.45, 7) is 6.64. The van der Waals surface area contributed by atoms with Gasteiger partial charge in [0, 0.05) is 20.0 Å². The van der Waals surface area contributed by atoms with Gasteiger partial charge in [-0.1, -0.05) is 0 Å². The number of esters is 1. The molecule has 2 aromatic heterocycles. The molecule has 1 unspecified atom stereocenters. The number of aromatic nitrogens is 1. The number of nitrogens with one attached hydrogen (secondary N) is 2. The van der Waals surface area contributed by atoms with E-state index in [1.165, 1.54) is 11.3 Å². The fourth-order valence-electron chi connectivity index (χ4n) is 2.21. The van der Waals surface area contributed by atoms with Gasteiger partial charge in [-0.25, -0.2) is 9.78 Å². The Morgan fingerprint density at radius 3 is 2.96 bits per heavy atom. The van der Waals surface area contributed by atoms with E-state index in [1.54, 1.807) is 20.2 Å². The van der Waals surface area contributed by atoms with Crippen LogP contribution >= 0.6 is 11.3 Å². The first-order valence-electron chi connectivity index (χ1n) is 8.19. The summed E-state index contributed by atoms with van der Waals surface area (Å²) in [6.07, 6.45) is 2.43. The lowest BCUT2D eigenvalue weighted by molar-refractivity contribution is 0.0531. The molecule has 136 valence electrons. The lowest BCUT2D eigenvalue weighted by Gasteiger charge is -2.15. The van der Waals surface area contributed by atoms with Crippen molar-refractivity contribution in [3.05, 3.63) is 39.7 Å². The molecule has 8 heteroatoms. The molecule has 0 aliphatic heterocycles. The molecule has 2 rings (SSSR count). The van der Waals surface area contributed by atoms with Crippen LogP contribution in [0.1, 0.15) is 46.0 Å². The van der Waals surface area contributed by atoms with E-state index in [0.717, 1.165) is 17.2 Å². The number of carbonyl (C=O) groups is 1. The Balaban J connectivity index is 1.91. The number of aliphatic imine (C=N–C) groups is 1. The summed E-state index contributed by atoms with van der Waals surface area (Å²) >= 11 is 1.34. The molecule has 0 radical (unpaired) electrons. The normalized spacial score (nSPS) is 12.7.